The van der Waals surface area contributed by atoms with E-state index in [1.54, 1.807) is 6.20 Å². The highest BCUT2D eigenvalue weighted by Gasteiger charge is 1.99. The van der Waals surface area contributed by atoms with Crippen molar-refractivity contribution in [3.8, 4) is 0 Å². The molecule has 3 N–H and O–H groups in total. The minimum atomic E-state index is 0.639. The molecule has 0 fully saturated rings. The van der Waals surface area contributed by atoms with Gasteiger partial charge in [0.05, 0.1) is 5.69 Å². The van der Waals surface area contributed by atoms with Crippen LogP contribution in [0.25, 0.3) is 0 Å². The van der Waals surface area contributed by atoms with Gasteiger partial charge in [0.1, 0.15) is 0 Å². The van der Waals surface area contributed by atoms with Crippen molar-refractivity contribution >= 4 is 33.1 Å². The van der Waals surface area contributed by atoms with E-state index in [0.29, 0.717) is 11.5 Å². The fourth-order valence-electron chi connectivity index (χ4n) is 1.19. The molecular formula is C11H10BrN3. The van der Waals surface area contributed by atoms with Crippen LogP contribution in [0.15, 0.2) is 47.1 Å². The molecule has 2 rings (SSSR count). The topological polar surface area (TPSA) is 50.9 Å². The minimum Gasteiger partial charge on any atom is -0.396 e. The van der Waals surface area contributed by atoms with Gasteiger partial charge in [0.25, 0.3) is 0 Å². The monoisotopic (exact) mass is 263 g/mol. The molecule has 0 atom stereocenters. The summed E-state index contributed by atoms with van der Waals surface area (Å²) < 4.78 is 1.04. The smallest absolute Gasteiger partial charge is 0.153 e. The van der Waals surface area contributed by atoms with Crippen LogP contribution in [-0.4, -0.2) is 4.98 Å². The lowest BCUT2D eigenvalue weighted by molar-refractivity contribution is 1.31. The van der Waals surface area contributed by atoms with Crippen molar-refractivity contribution in [2.45, 2.75) is 0 Å². The number of anilines is 3. The standard InChI is InChI=1S/C11H10BrN3/c12-8-3-5-9(6-4-8)15-11-10(13)2-1-7-14-11/h1-7H,13H2,(H,14,15). The Balaban J connectivity index is 2.22. The number of hydrogen-bond acceptors (Lipinski definition) is 3. The Morgan fingerprint density at radius 1 is 1.13 bits per heavy atom. The number of halogens is 1. The van der Waals surface area contributed by atoms with Crippen molar-refractivity contribution in [1.82, 2.24) is 4.98 Å². The third-order valence-corrected chi connectivity index (χ3v) is 2.47. The van der Waals surface area contributed by atoms with Crippen molar-refractivity contribution in [2.75, 3.05) is 11.1 Å². The van der Waals surface area contributed by atoms with Crippen LogP contribution >= 0.6 is 15.9 Å². The molecule has 0 spiro atoms. The van der Waals surface area contributed by atoms with Gasteiger partial charge in [-0.05, 0) is 36.4 Å². The first kappa shape index (κ1) is 9.98. The first-order chi connectivity index (χ1) is 7.25. The van der Waals surface area contributed by atoms with E-state index in [1.165, 1.54) is 0 Å². The highest BCUT2D eigenvalue weighted by molar-refractivity contribution is 9.10. The van der Waals surface area contributed by atoms with Gasteiger partial charge in [-0.3, -0.25) is 0 Å². The number of nitrogens with one attached hydrogen (secondary N) is 1. The minimum absolute atomic E-state index is 0.639. The SMILES string of the molecule is Nc1cccnc1Nc1ccc(Br)cc1. The molecule has 0 aliphatic carbocycles. The van der Waals surface area contributed by atoms with Gasteiger partial charge in [-0.25, -0.2) is 4.98 Å². The van der Waals surface area contributed by atoms with E-state index in [4.69, 9.17) is 5.73 Å². The van der Waals surface area contributed by atoms with Crippen LogP contribution in [0.5, 0.6) is 0 Å². The van der Waals surface area contributed by atoms with E-state index < -0.39 is 0 Å². The van der Waals surface area contributed by atoms with E-state index >= 15 is 0 Å². The lowest BCUT2D eigenvalue weighted by atomic mass is 10.3. The van der Waals surface area contributed by atoms with Crippen LogP contribution in [-0.2, 0) is 0 Å². The zero-order valence-electron chi connectivity index (χ0n) is 7.94. The van der Waals surface area contributed by atoms with Gasteiger partial charge in [0.2, 0.25) is 0 Å². The Hall–Kier alpha value is -1.55. The lowest BCUT2D eigenvalue weighted by Gasteiger charge is -2.07. The number of hydrogen-bond donors (Lipinski definition) is 2. The van der Waals surface area contributed by atoms with E-state index in [-0.39, 0.29) is 0 Å². The summed E-state index contributed by atoms with van der Waals surface area (Å²) in [6, 6.07) is 11.5. The second-order valence-corrected chi connectivity index (χ2v) is 3.99. The Morgan fingerprint density at radius 2 is 1.87 bits per heavy atom. The summed E-state index contributed by atoms with van der Waals surface area (Å²) in [6.45, 7) is 0. The first-order valence-corrected chi connectivity index (χ1v) is 5.28. The first-order valence-electron chi connectivity index (χ1n) is 4.49. The third-order valence-electron chi connectivity index (χ3n) is 1.95. The molecule has 76 valence electrons. The largest absolute Gasteiger partial charge is 0.396 e. The molecule has 1 aromatic carbocycles. The summed E-state index contributed by atoms with van der Waals surface area (Å²) in [5.41, 5.74) is 7.36. The predicted octanol–water partition coefficient (Wildman–Crippen LogP) is 3.17. The number of nitrogens with two attached hydrogens (primary N) is 1. The third kappa shape index (κ3) is 2.47. The van der Waals surface area contributed by atoms with E-state index in [2.05, 4.69) is 26.2 Å². The molecular weight excluding hydrogens is 254 g/mol. The lowest BCUT2D eigenvalue weighted by Crippen LogP contribution is -1.98. The highest BCUT2D eigenvalue weighted by Crippen LogP contribution is 2.21. The van der Waals surface area contributed by atoms with Gasteiger partial charge in [0, 0.05) is 16.4 Å². The van der Waals surface area contributed by atoms with Crippen molar-refractivity contribution in [3.63, 3.8) is 0 Å². The molecule has 15 heavy (non-hydrogen) atoms. The molecule has 2 aromatic rings. The van der Waals surface area contributed by atoms with E-state index in [9.17, 15) is 0 Å². The van der Waals surface area contributed by atoms with Crippen molar-refractivity contribution in [3.05, 3.63) is 47.1 Å². The number of aromatic nitrogens is 1. The zero-order chi connectivity index (χ0) is 10.7. The Kier molecular flexibility index (Phi) is 2.87. The van der Waals surface area contributed by atoms with Crippen LogP contribution in [0, 0.1) is 0 Å². The average Bonchev–Trinajstić information content (AvgIpc) is 2.25. The fraction of sp³-hybridized carbons (Fsp3) is 0. The molecule has 1 aromatic heterocycles. The molecule has 0 radical (unpaired) electrons. The number of nitrogens with zero attached hydrogens (tertiary/aromatic N) is 1. The van der Waals surface area contributed by atoms with Gasteiger partial charge >= 0.3 is 0 Å². The second-order valence-electron chi connectivity index (χ2n) is 3.07. The molecule has 0 saturated heterocycles. The summed E-state index contributed by atoms with van der Waals surface area (Å²) >= 11 is 3.38. The van der Waals surface area contributed by atoms with Crippen LogP contribution < -0.4 is 11.1 Å². The van der Waals surface area contributed by atoms with Gasteiger partial charge in [0.15, 0.2) is 5.82 Å². The predicted molar refractivity (Wildman–Crippen MR) is 66.1 cm³/mol. The number of pyridine rings is 1. The van der Waals surface area contributed by atoms with Crippen molar-refractivity contribution < 1.29 is 0 Å². The Morgan fingerprint density at radius 3 is 2.53 bits per heavy atom. The molecule has 0 aliphatic heterocycles. The summed E-state index contributed by atoms with van der Waals surface area (Å²) in [7, 11) is 0. The summed E-state index contributed by atoms with van der Waals surface area (Å²) in [5, 5.41) is 3.14. The molecule has 4 heteroatoms. The summed E-state index contributed by atoms with van der Waals surface area (Å²) in [6.07, 6.45) is 1.71. The molecule has 0 saturated carbocycles. The molecule has 0 aliphatic rings. The Bertz CT molecular complexity index is 454. The maximum atomic E-state index is 5.76. The van der Waals surface area contributed by atoms with Gasteiger partial charge in [-0.2, -0.15) is 0 Å². The molecule has 1 heterocycles. The van der Waals surface area contributed by atoms with Crippen molar-refractivity contribution in [1.29, 1.82) is 0 Å². The van der Waals surface area contributed by atoms with Crippen LogP contribution in [0.3, 0.4) is 0 Å². The Labute approximate surface area is 96.5 Å². The maximum absolute atomic E-state index is 5.76. The maximum Gasteiger partial charge on any atom is 0.153 e. The number of benzene rings is 1. The normalized spacial score (nSPS) is 9.93. The van der Waals surface area contributed by atoms with E-state index in [0.717, 1.165) is 10.2 Å². The van der Waals surface area contributed by atoms with Crippen LogP contribution in [0.1, 0.15) is 0 Å². The molecule has 0 amide bonds. The summed E-state index contributed by atoms with van der Waals surface area (Å²) in [4.78, 5) is 4.15. The van der Waals surface area contributed by atoms with Gasteiger partial charge < -0.3 is 11.1 Å². The molecule has 0 unspecified atom stereocenters. The molecule has 3 nitrogen and oxygen atoms in total. The average molecular weight is 264 g/mol. The van der Waals surface area contributed by atoms with Crippen LogP contribution in [0.2, 0.25) is 0 Å². The van der Waals surface area contributed by atoms with Gasteiger partial charge in [-0.1, -0.05) is 15.9 Å². The summed E-state index contributed by atoms with van der Waals surface area (Å²) in [5.74, 6) is 0.680. The second kappa shape index (κ2) is 4.31. The van der Waals surface area contributed by atoms with E-state index in [1.807, 2.05) is 36.4 Å². The highest BCUT2D eigenvalue weighted by atomic mass is 79.9. The molecule has 0 bridgehead atoms. The zero-order valence-corrected chi connectivity index (χ0v) is 9.53. The quantitative estimate of drug-likeness (QED) is 0.875. The van der Waals surface area contributed by atoms with Crippen molar-refractivity contribution in [2.24, 2.45) is 0 Å². The number of nitrogen functional groups attached to an aromatic ring is 1. The van der Waals surface area contributed by atoms with Crippen LogP contribution in [0.4, 0.5) is 17.2 Å². The fourth-order valence-corrected chi connectivity index (χ4v) is 1.46. The van der Waals surface area contributed by atoms with Gasteiger partial charge in [-0.15, -0.1) is 0 Å². The number of rotatable bonds is 2.